The number of carbonyl (C=O) groups excluding carboxylic acids is 1. The van der Waals surface area contributed by atoms with Crippen LogP contribution in [0.2, 0.25) is 0 Å². The number of nitrogens with zero attached hydrogens (tertiary/aromatic N) is 2. The number of aryl methyl sites for hydroxylation is 1. The fourth-order valence-electron chi connectivity index (χ4n) is 1.89. The number of unbranched alkanes of at least 4 members (excludes halogenated alkanes) is 4. The van der Waals surface area contributed by atoms with Gasteiger partial charge in [0.25, 0.3) is 5.91 Å². The van der Waals surface area contributed by atoms with E-state index in [1.165, 1.54) is 0 Å². The second kappa shape index (κ2) is 9.12. The monoisotopic (exact) mass is 281 g/mol. The molecular weight excluding hydrogens is 258 g/mol. The molecule has 6 nitrogen and oxygen atoms in total. The number of aromatic nitrogens is 2. The molecule has 0 fully saturated rings. The quantitative estimate of drug-likeness (QED) is 0.643. The fourth-order valence-corrected chi connectivity index (χ4v) is 1.89. The van der Waals surface area contributed by atoms with Gasteiger partial charge in [-0.15, -0.1) is 0 Å². The van der Waals surface area contributed by atoms with Crippen molar-refractivity contribution in [3.63, 3.8) is 0 Å². The Labute approximate surface area is 119 Å². The van der Waals surface area contributed by atoms with Gasteiger partial charge in [-0.05, 0) is 19.8 Å². The lowest BCUT2D eigenvalue weighted by atomic mass is 10.1. The molecule has 112 valence electrons. The summed E-state index contributed by atoms with van der Waals surface area (Å²) in [6.45, 7) is 3.37. The summed E-state index contributed by atoms with van der Waals surface area (Å²) in [6, 6.07) is 0. The highest BCUT2D eigenvalue weighted by Gasteiger charge is 2.06. The molecule has 0 atom stereocenters. The highest BCUT2D eigenvalue weighted by molar-refractivity contribution is 5.93. The second-order valence-corrected chi connectivity index (χ2v) is 4.75. The van der Waals surface area contributed by atoms with Crippen molar-refractivity contribution in [2.45, 2.75) is 52.0 Å². The summed E-state index contributed by atoms with van der Waals surface area (Å²) in [5, 5.41) is 15.4. The summed E-state index contributed by atoms with van der Waals surface area (Å²) in [7, 11) is 0. The van der Waals surface area contributed by atoms with Gasteiger partial charge in [0.2, 0.25) is 0 Å². The maximum Gasteiger partial charge on any atom is 0.303 e. The number of hydrogen-bond acceptors (Lipinski definition) is 3. The summed E-state index contributed by atoms with van der Waals surface area (Å²) < 4.78 is 1.72. The molecule has 1 rings (SSSR count). The number of hydrogen-bond donors (Lipinski definition) is 2. The van der Waals surface area contributed by atoms with Gasteiger partial charge >= 0.3 is 5.97 Å². The van der Waals surface area contributed by atoms with Crippen molar-refractivity contribution in [2.24, 2.45) is 0 Å². The van der Waals surface area contributed by atoms with Gasteiger partial charge in [-0.2, -0.15) is 5.10 Å². The van der Waals surface area contributed by atoms with Crippen LogP contribution < -0.4 is 5.32 Å². The molecule has 0 aromatic carbocycles. The molecular formula is C14H23N3O3. The van der Waals surface area contributed by atoms with Gasteiger partial charge in [0.05, 0.1) is 11.8 Å². The largest absolute Gasteiger partial charge is 0.481 e. The number of carbonyl (C=O) groups is 2. The molecule has 1 aromatic rings. The van der Waals surface area contributed by atoms with Crippen LogP contribution in [-0.4, -0.2) is 33.3 Å². The smallest absolute Gasteiger partial charge is 0.303 e. The Morgan fingerprint density at radius 3 is 2.60 bits per heavy atom. The van der Waals surface area contributed by atoms with Gasteiger partial charge in [-0.25, -0.2) is 0 Å². The first kappa shape index (κ1) is 16.2. The van der Waals surface area contributed by atoms with E-state index in [-0.39, 0.29) is 12.3 Å². The predicted molar refractivity (Wildman–Crippen MR) is 75.6 cm³/mol. The third-order valence-electron chi connectivity index (χ3n) is 3.07. The molecule has 0 spiro atoms. The summed E-state index contributed by atoms with van der Waals surface area (Å²) in [5.41, 5.74) is 0.591. The molecule has 0 aliphatic heterocycles. The van der Waals surface area contributed by atoms with E-state index in [4.69, 9.17) is 5.11 Å². The third-order valence-corrected chi connectivity index (χ3v) is 3.07. The first-order valence-corrected chi connectivity index (χ1v) is 7.16. The Morgan fingerprint density at radius 1 is 1.25 bits per heavy atom. The van der Waals surface area contributed by atoms with Crippen LogP contribution in [0.25, 0.3) is 0 Å². The Kier molecular flexibility index (Phi) is 7.39. The highest BCUT2D eigenvalue weighted by Crippen LogP contribution is 2.05. The maximum absolute atomic E-state index is 11.8. The zero-order valence-electron chi connectivity index (χ0n) is 12.0. The van der Waals surface area contributed by atoms with Crippen LogP contribution in [0.4, 0.5) is 0 Å². The molecule has 0 radical (unpaired) electrons. The number of nitrogens with one attached hydrogen (secondary N) is 1. The lowest BCUT2D eigenvalue weighted by Crippen LogP contribution is -2.24. The van der Waals surface area contributed by atoms with Crippen LogP contribution in [0.15, 0.2) is 12.4 Å². The van der Waals surface area contributed by atoms with Crippen molar-refractivity contribution >= 4 is 11.9 Å². The van der Waals surface area contributed by atoms with Crippen molar-refractivity contribution < 1.29 is 14.7 Å². The minimum atomic E-state index is -0.732. The van der Waals surface area contributed by atoms with Crippen molar-refractivity contribution in [2.75, 3.05) is 6.54 Å². The van der Waals surface area contributed by atoms with E-state index in [1.807, 2.05) is 6.92 Å². The Hall–Kier alpha value is -1.85. The second-order valence-electron chi connectivity index (χ2n) is 4.75. The van der Waals surface area contributed by atoms with Gasteiger partial charge in [0, 0.05) is 25.7 Å². The Morgan fingerprint density at radius 2 is 1.95 bits per heavy atom. The van der Waals surface area contributed by atoms with Gasteiger partial charge < -0.3 is 10.4 Å². The molecule has 2 N–H and O–H groups in total. The van der Waals surface area contributed by atoms with E-state index < -0.39 is 5.97 Å². The zero-order chi connectivity index (χ0) is 14.8. The molecule has 1 amide bonds. The first-order valence-electron chi connectivity index (χ1n) is 7.16. The minimum absolute atomic E-state index is 0.0874. The molecule has 0 saturated heterocycles. The summed E-state index contributed by atoms with van der Waals surface area (Å²) in [4.78, 5) is 22.1. The molecule has 1 heterocycles. The van der Waals surface area contributed by atoms with Gasteiger partial charge in [0.1, 0.15) is 0 Å². The highest BCUT2D eigenvalue weighted by atomic mass is 16.4. The van der Waals surface area contributed by atoms with E-state index in [1.54, 1.807) is 17.1 Å². The van der Waals surface area contributed by atoms with E-state index in [2.05, 4.69) is 10.4 Å². The van der Waals surface area contributed by atoms with Crippen LogP contribution in [0.5, 0.6) is 0 Å². The standard InChI is InChI=1S/C14H23N3O3/c1-2-17-11-12(10-16-17)14(20)15-9-7-5-3-4-6-8-13(18)19/h10-11H,2-9H2,1H3,(H,15,20)(H,18,19). The lowest BCUT2D eigenvalue weighted by molar-refractivity contribution is -0.137. The molecule has 0 aliphatic rings. The van der Waals surface area contributed by atoms with E-state index >= 15 is 0 Å². The van der Waals surface area contributed by atoms with Crippen LogP contribution in [0.1, 0.15) is 55.8 Å². The van der Waals surface area contributed by atoms with Gasteiger partial charge in [-0.3, -0.25) is 14.3 Å². The van der Waals surface area contributed by atoms with E-state index in [9.17, 15) is 9.59 Å². The maximum atomic E-state index is 11.8. The first-order chi connectivity index (χ1) is 9.63. The average molecular weight is 281 g/mol. The topological polar surface area (TPSA) is 84.2 Å². The molecule has 0 saturated carbocycles. The van der Waals surface area contributed by atoms with Gasteiger partial charge in [0.15, 0.2) is 0 Å². The van der Waals surface area contributed by atoms with Crippen molar-refractivity contribution in [1.82, 2.24) is 15.1 Å². The SMILES string of the molecule is CCn1cc(C(=O)NCCCCCCCC(=O)O)cn1. The third kappa shape index (κ3) is 6.36. The predicted octanol–water partition coefficient (Wildman–Crippen LogP) is 2.06. The van der Waals surface area contributed by atoms with Crippen molar-refractivity contribution in [3.8, 4) is 0 Å². The van der Waals surface area contributed by atoms with E-state index in [0.29, 0.717) is 12.1 Å². The Balaban J connectivity index is 2.03. The van der Waals surface area contributed by atoms with Crippen LogP contribution in [0.3, 0.4) is 0 Å². The van der Waals surface area contributed by atoms with Gasteiger partial charge in [-0.1, -0.05) is 19.3 Å². The molecule has 1 aromatic heterocycles. The number of rotatable bonds is 10. The number of carboxylic acids is 1. The van der Waals surface area contributed by atoms with Crippen LogP contribution in [0, 0.1) is 0 Å². The summed E-state index contributed by atoms with van der Waals surface area (Å²) in [5.74, 6) is -0.819. The Bertz CT molecular complexity index is 429. The van der Waals surface area contributed by atoms with Crippen LogP contribution in [-0.2, 0) is 11.3 Å². The average Bonchev–Trinajstić information content (AvgIpc) is 2.90. The minimum Gasteiger partial charge on any atom is -0.481 e. The van der Waals surface area contributed by atoms with Crippen molar-refractivity contribution in [3.05, 3.63) is 18.0 Å². The van der Waals surface area contributed by atoms with Crippen molar-refractivity contribution in [1.29, 1.82) is 0 Å². The lowest BCUT2D eigenvalue weighted by Gasteiger charge is -2.03. The number of carboxylic acid groups (broad SMARTS) is 1. The molecule has 0 unspecified atom stereocenters. The normalized spacial score (nSPS) is 10.4. The molecule has 6 heteroatoms. The van der Waals surface area contributed by atoms with Crippen LogP contribution >= 0.6 is 0 Å². The molecule has 0 bridgehead atoms. The summed E-state index contributed by atoms with van der Waals surface area (Å²) >= 11 is 0. The molecule has 0 aliphatic carbocycles. The van der Waals surface area contributed by atoms with E-state index in [0.717, 1.165) is 38.6 Å². The zero-order valence-corrected chi connectivity index (χ0v) is 12.0. The number of amides is 1. The summed E-state index contributed by atoms with van der Waals surface area (Å²) in [6.07, 6.45) is 8.16. The number of aliphatic carboxylic acids is 1. The molecule has 20 heavy (non-hydrogen) atoms. The fraction of sp³-hybridized carbons (Fsp3) is 0.643.